The molecule has 0 fully saturated rings. The zero-order valence-electron chi connectivity index (χ0n) is 10.7. The summed E-state index contributed by atoms with van der Waals surface area (Å²) in [6.45, 7) is 0.195. The Bertz CT molecular complexity index is 667. The molecule has 2 aromatic rings. The topological polar surface area (TPSA) is 42.2 Å². The predicted molar refractivity (Wildman–Crippen MR) is 76.1 cm³/mol. The number of benzene rings is 2. The molecule has 2 rings (SSSR count). The lowest BCUT2D eigenvalue weighted by Crippen LogP contribution is -1.99. The van der Waals surface area contributed by atoms with E-state index in [4.69, 9.17) is 14.7 Å². The molecule has 0 radical (unpaired) electrons. The van der Waals surface area contributed by atoms with Gasteiger partial charge in [-0.05, 0) is 34.1 Å². The first-order valence-electron chi connectivity index (χ1n) is 5.79. The molecule has 102 valence electrons. The minimum Gasteiger partial charge on any atom is -0.493 e. The SMILES string of the molecule is COc1cc(C#N)ccc1OCc1cccc(F)c1Br. The molecule has 0 saturated heterocycles. The Labute approximate surface area is 124 Å². The lowest BCUT2D eigenvalue weighted by molar-refractivity contribution is 0.283. The molecule has 0 aromatic heterocycles. The largest absolute Gasteiger partial charge is 0.493 e. The van der Waals surface area contributed by atoms with Gasteiger partial charge in [0.2, 0.25) is 0 Å². The molecule has 0 spiro atoms. The monoisotopic (exact) mass is 335 g/mol. The maximum Gasteiger partial charge on any atom is 0.162 e. The van der Waals surface area contributed by atoms with E-state index in [1.165, 1.54) is 13.2 Å². The Kier molecular flexibility index (Phi) is 4.59. The molecule has 0 N–H and O–H groups in total. The van der Waals surface area contributed by atoms with Crippen molar-refractivity contribution in [2.24, 2.45) is 0 Å². The quantitative estimate of drug-likeness (QED) is 0.846. The maximum absolute atomic E-state index is 13.4. The molecule has 5 heteroatoms. The second-order valence-corrected chi connectivity index (χ2v) is 4.77. The Balaban J connectivity index is 2.19. The third kappa shape index (κ3) is 3.09. The summed E-state index contributed by atoms with van der Waals surface area (Å²) in [5, 5.41) is 8.83. The number of halogens is 2. The van der Waals surface area contributed by atoms with E-state index in [2.05, 4.69) is 15.9 Å². The predicted octanol–water partition coefficient (Wildman–Crippen LogP) is 4.05. The highest BCUT2D eigenvalue weighted by Gasteiger charge is 2.09. The summed E-state index contributed by atoms with van der Waals surface area (Å²) in [5.74, 6) is 0.636. The van der Waals surface area contributed by atoms with Gasteiger partial charge in [0.15, 0.2) is 11.5 Å². The maximum atomic E-state index is 13.4. The molecule has 0 aliphatic heterocycles. The van der Waals surface area contributed by atoms with Crippen LogP contribution < -0.4 is 9.47 Å². The minimum absolute atomic E-state index is 0.195. The molecule has 0 unspecified atom stereocenters. The van der Waals surface area contributed by atoms with Crippen LogP contribution in [0, 0.1) is 17.1 Å². The third-order valence-corrected chi connectivity index (χ3v) is 3.60. The summed E-state index contributed by atoms with van der Waals surface area (Å²) < 4.78 is 24.6. The van der Waals surface area contributed by atoms with Crippen molar-refractivity contribution in [3.8, 4) is 17.6 Å². The fourth-order valence-electron chi connectivity index (χ4n) is 1.67. The minimum atomic E-state index is -0.335. The van der Waals surface area contributed by atoms with Gasteiger partial charge in [-0.3, -0.25) is 0 Å². The van der Waals surface area contributed by atoms with Crippen molar-refractivity contribution in [1.82, 2.24) is 0 Å². The normalized spacial score (nSPS) is 9.90. The first-order chi connectivity index (χ1) is 9.65. The molecule has 0 aliphatic carbocycles. The number of rotatable bonds is 4. The lowest BCUT2D eigenvalue weighted by atomic mass is 10.2. The van der Waals surface area contributed by atoms with Gasteiger partial charge in [-0.2, -0.15) is 5.26 Å². The summed E-state index contributed by atoms with van der Waals surface area (Å²) in [6, 6.07) is 11.7. The van der Waals surface area contributed by atoms with Gasteiger partial charge in [0.05, 0.1) is 23.2 Å². The molecule has 0 saturated carbocycles. The van der Waals surface area contributed by atoms with Gasteiger partial charge in [-0.25, -0.2) is 4.39 Å². The highest BCUT2D eigenvalue weighted by atomic mass is 79.9. The average molecular weight is 336 g/mol. The van der Waals surface area contributed by atoms with Crippen LogP contribution in [0.3, 0.4) is 0 Å². The van der Waals surface area contributed by atoms with Gasteiger partial charge >= 0.3 is 0 Å². The van der Waals surface area contributed by atoms with Crippen LogP contribution in [0.1, 0.15) is 11.1 Å². The van der Waals surface area contributed by atoms with Crippen molar-refractivity contribution in [2.45, 2.75) is 6.61 Å². The summed E-state index contributed by atoms with van der Waals surface area (Å²) in [5.41, 5.74) is 1.18. The molecule has 3 nitrogen and oxygen atoms in total. The van der Waals surface area contributed by atoms with Crippen LogP contribution in [0.15, 0.2) is 40.9 Å². The molecule has 20 heavy (non-hydrogen) atoms. The number of hydrogen-bond acceptors (Lipinski definition) is 3. The molecule has 0 amide bonds. The van der Waals surface area contributed by atoms with E-state index >= 15 is 0 Å². The van der Waals surface area contributed by atoms with Crippen molar-refractivity contribution in [1.29, 1.82) is 5.26 Å². The molecule has 2 aromatic carbocycles. The second kappa shape index (κ2) is 6.40. The second-order valence-electron chi connectivity index (χ2n) is 3.98. The van der Waals surface area contributed by atoms with E-state index in [1.54, 1.807) is 30.3 Å². The van der Waals surface area contributed by atoms with E-state index in [9.17, 15) is 4.39 Å². The fraction of sp³-hybridized carbons (Fsp3) is 0.133. The first kappa shape index (κ1) is 14.4. The van der Waals surface area contributed by atoms with Gasteiger partial charge in [0.1, 0.15) is 12.4 Å². The number of hydrogen-bond donors (Lipinski definition) is 0. The summed E-state index contributed by atoms with van der Waals surface area (Å²) in [4.78, 5) is 0. The lowest BCUT2D eigenvalue weighted by Gasteiger charge is -2.12. The highest BCUT2D eigenvalue weighted by molar-refractivity contribution is 9.10. The third-order valence-electron chi connectivity index (χ3n) is 2.71. The smallest absolute Gasteiger partial charge is 0.162 e. The average Bonchev–Trinajstić information content (AvgIpc) is 2.48. The van der Waals surface area contributed by atoms with Crippen LogP contribution in [0.2, 0.25) is 0 Å². The number of nitriles is 1. The van der Waals surface area contributed by atoms with Gasteiger partial charge in [-0.1, -0.05) is 12.1 Å². The fourth-order valence-corrected chi connectivity index (χ4v) is 2.05. The number of nitrogens with zero attached hydrogens (tertiary/aromatic N) is 1. The van der Waals surface area contributed by atoms with Crippen molar-refractivity contribution in [3.63, 3.8) is 0 Å². The molecule has 0 bridgehead atoms. The van der Waals surface area contributed by atoms with Crippen molar-refractivity contribution in [2.75, 3.05) is 7.11 Å². The van der Waals surface area contributed by atoms with Crippen molar-refractivity contribution >= 4 is 15.9 Å². The molecule has 0 heterocycles. The van der Waals surface area contributed by atoms with Crippen LogP contribution >= 0.6 is 15.9 Å². The Morgan fingerprint density at radius 3 is 2.75 bits per heavy atom. The van der Waals surface area contributed by atoms with E-state index < -0.39 is 0 Å². The van der Waals surface area contributed by atoms with E-state index in [-0.39, 0.29) is 12.4 Å². The highest BCUT2D eigenvalue weighted by Crippen LogP contribution is 2.29. The number of ether oxygens (including phenoxy) is 2. The van der Waals surface area contributed by atoms with Crippen LogP contribution in [0.25, 0.3) is 0 Å². The van der Waals surface area contributed by atoms with E-state index in [0.29, 0.717) is 27.1 Å². The van der Waals surface area contributed by atoms with Crippen LogP contribution in [0.4, 0.5) is 4.39 Å². The van der Waals surface area contributed by atoms with Gasteiger partial charge in [0.25, 0.3) is 0 Å². The Hall–Kier alpha value is -2.06. The van der Waals surface area contributed by atoms with Gasteiger partial charge < -0.3 is 9.47 Å². The van der Waals surface area contributed by atoms with Crippen LogP contribution in [-0.4, -0.2) is 7.11 Å². The van der Waals surface area contributed by atoms with Crippen LogP contribution in [-0.2, 0) is 6.61 Å². The van der Waals surface area contributed by atoms with Gasteiger partial charge in [-0.15, -0.1) is 0 Å². The summed E-state index contributed by atoms with van der Waals surface area (Å²) >= 11 is 3.18. The van der Waals surface area contributed by atoms with Crippen molar-refractivity contribution < 1.29 is 13.9 Å². The number of methoxy groups -OCH3 is 1. The molecular formula is C15H11BrFNO2. The zero-order valence-corrected chi connectivity index (χ0v) is 12.3. The van der Waals surface area contributed by atoms with Crippen LogP contribution in [0.5, 0.6) is 11.5 Å². The Morgan fingerprint density at radius 2 is 2.05 bits per heavy atom. The molecular weight excluding hydrogens is 325 g/mol. The summed E-state index contributed by atoms with van der Waals surface area (Å²) in [6.07, 6.45) is 0. The molecule has 0 atom stereocenters. The zero-order chi connectivity index (χ0) is 14.5. The molecule has 0 aliphatic rings. The Morgan fingerprint density at radius 1 is 1.25 bits per heavy atom. The first-order valence-corrected chi connectivity index (χ1v) is 6.59. The standard InChI is InChI=1S/C15H11BrFNO2/c1-19-14-7-10(8-18)5-6-13(14)20-9-11-3-2-4-12(17)15(11)16/h2-7H,9H2,1H3. The summed E-state index contributed by atoms with van der Waals surface area (Å²) in [7, 11) is 1.50. The van der Waals surface area contributed by atoms with E-state index in [0.717, 1.165) is 0 Å². The van der Waals surface area contributed by atoms with Gasteiger partial charge in [0, 0.05) is 11.6 Å². The van der Waals surface area contributed by atoms with Crippen molar-refractivity contribution in [3.05, 3.63) is 57.8 Å². The van der Waals surface area contributed by atoms with E-state index in [1.807, 2.05) is 6.07 Å².